The number of nitrogens with one attached hydrogen (secondary N) is 2. The highest BCUT2D eigenvalue weighted by Crippen LogP contribution is 2.36. The van der Waals surface area contributed by atoms with Crippen LogP contribution in [-0.4, -0.2) is 29.8 Å². The van der Waals surface area contributed by atoms with E-state index in [9.17, 15) is 9.18 Å². The van der Waals surface area contributed by atoms with E-state index < -0.39 is 17.5 Å². The van der Waals surface area contributed by atoms with Crippen LogP contribution in [-0.2, 0) is 4.74 Å². The van der Waals surface area contributed by atoms with E-state index in [1.165, 1.54) is 6.20 Å². The van der Waals surface area contributed by atoms with E-state index in [0.29, 0.717) is 29.9 Å². The van der Waals surface area contributed by atoms with E-state index in [2.05, 4.69) is 31.5 Å². The number of ether oxygens (including phenoxy) is 1. The summed E-state index contributed by atoms with van der Waals surface area (Å²) in [7, 11) is 0. The minimum absolute atomic E-state index is 0.146. The second-order valence-electron chi connectivity index (χ2n) is 6.33. The molecule has 0 aliphatic carbocycles. The van der Waals surface area contributed by atoms with Crippen molar-refractivity contribution in [2.75, 3.05) is 24.1 Å². The molecule has 0 atom stereocenters. The second-order valence-corrected chi connectivity index (χ2v) is 7.53. The van der Waals surface area contributed by atoms with Crippen LogP contribution in [0.15, 0.2) is 16.7 Å². The first-order valence-corrected chi connectivity index (χ1v) is 8.69. The minimum atomic E-state index is -0.565. The van der Waals surface area contributed by atoms with Gasteiger partial charge in [-0.3, -0.25) is 4.98 Å². The number of hydrogen-bond acceptors (Lipinski definition) is 5. The van der Waals surface area contributed by atoms with Crippen molar-refractivity contribution in [3.63, 3.8) is 0 Å². The summed E-state index contributed by atoms with van der Waals surface area (Å²) < 4.78 is 19.6. The van der Waals surface area contributed by atoms with Crippen LogP contribution in [0.25, 0.3) is 10.9 Å². The van der Waals surface area contributed by atoms with Gasteiger partial charge in [-0.2, -0.15) is 0 Å². The van der Waals surface area contributed by atoms with Gasteiger partial charge < -0.3 is 21.1 Å². The number of halogens is 3. The molecule has 1 amide bonds. The Balaban J connectivity index is 2.11. The molecule has 0 aliphatic heterocycles. The van der Waals surface area contributed by atoms with Gasteiger partial charge in [0.25, 0.3) is 0 Å². The molecule has 2 aromatic rings. The van der Waals surface area contributed by atoms with Crippen LogP contribution < -0.4 is 16.4 Å². The van der Waals surface area contributed by atoms with Crippen LogP contribution in [0.2, 0.25) is 5.02 Å². The molecule has 4 N–H and O–H groups in total. The average Bonchev–Trinajstić information content (AvgIpc) is 2.49. The number of pyridine rings is 1. The molecule has 25 heavy (non-hydrogen) atoms. The number of carbonyl (C=O) groups excluding carboxylic acids is 1. The first-order chi connectivity index (χ1) is 11.6. The summed E-state index contributed by atoms with van der Waals surface area (Å²) in [6, 6.07) is 1.58. The summed E-state index contributed by atoms with van der Waals surface area (Å²) in [6.07, 6.45) is 0.856. The van der Waals surface area contributed by atoms with E-state index in [1.807, 2.05) is 0 Å². The Morgan fingerprint density at radius 1 is 1.44 bits per heavy atom. The number of nitrogens with zero attached hydrogens (tertiary/aromatic N) is 1. The molecule has 0 unspecified atom stereocenters. The fourth-order valence-electron chi connectivity index (χ4n) is 2.12. The third kappa shape index (κ3) is 4.85. The number of carbonyl (C=O) groups is 1. The molecule has 6 nitrogen and oxygen atoms in total. The highest BCUT2D eigenvalue weighted by molar-refractivity contribution is 9.10. The maximum atomic E-state index is 14.3. The summed E-state index contributed by atoms with van der Waals surface area (Å²) in [5, 5.41) is 6.37. The van der Waals surface area contributed by atoms with Gasteiger partial charge in [-0.15, -0.1) is 0 Å². The lowest BCUT2D eigenvalue weighted by Crippen LogP contribution is -2.35. The Labute approximate surface area is 158 Å². The largest absolute Gasteiger partial charge is 0.444 e. The van der Waals surface area contributed by atoms with Crippen molar-refractivity contribution < 1.29 is 13.9 Å². The maximum absolute atomic E-state index is 14.3. The SMILES string of the molecule is CC(C)(C)OC(=O)NCCNc1c(N)cnc2c(F)c(Br)c(Cl)cc12. The van der Waals surface area contributed by atoms with E-state index in [-0.39, 0.29) is 15.0 Å². The summed E-state index contributed by atoms with van der Waals surface area (Å²) >= 11 is 9.11. The Kier molecular flexibility index (Phi) is 5.95. The molecule has 0 spiro atoms. The predicted octanol–water partition coefficient (Wildman–Crippen LogP) is 4.31. The lowest BCUT2D eigenvalue weighted by molar-refractivity contribution is 0.0530. The van der Waals surface area contributed by atoms with Crippen LogP contribution in [0.1, 0.15) is 20.8 Å². The van der Waals surface area contributed by atoms with Crippen LogP contribution in [0.5, 0.6) is 0 Å². The number of rotatable bonds is 4. The van der Waals surface area contributed by atoms with Gasteiger partial charge in [0.1, 0.15) is 11.1 Å². The Morgan fingerprint density at radius 2 is 2.12 bits per heavy atom. The van der Waals surface area contributed by atoms with Gasteiger partial charge in [0.15, 0.2) is 5.82 Å². The zero-order valence-electron chi connectivity index (χ0n) is 14.0. The molecule has 0 saturated heterocycles. The molecule has 1 aromatic carbocycles. The predicted molar refractivity (Wildman–Crippen MR) is 102 cm³/mol. The third-order valence-electron chi connectivity index (χ3n) is 3.12. The third-order valence-corrected chi connectivity index (χ3v) is 4.42. The fourth-order valence-corrected chi connectivity index (χ4v) is 2.61. The van der Waals surface area contributed by atoms with Crippen molar-refractivity contribution in [1.82, 2.24) is 10.3 Å². The number of anilines is 2. The van der Waals surface area contributed by atoms with Crippen molar-refractivity contribution in [2.45, 2.75) is 26.4 Å². The molecule has 1 aromatic heterocycles. The van der Waals surface area contributed by atoms with E-state index >= 15 is 0 Å². The zero-order valence-corrected chi connectivity index (χ0v) is 16.4. The van der Waals surface area contributed by atoms with Gasteiger partial charge in [-0.1, -0.05) is 11.6 Å². The molecule has 0 bridgehead atoms. The van der Waals surface area contributed by atoms with Gasteiger partial charge in [-0.05, 0) is 42.8 Å². The number of alkyl carbamates (subject to hydrolysis) is 1. The summed E-state index contributed by atoms with van der Waals surface area (Å²) in [5.74, 6) is -0.558. The molecule has 0 fully saturated rings. The number of fused-ring (bicyclic) bond motifs is 1. The van der Waals surface area contributed by atoms with Crippen LogP contribution in [0.4, 0.5) is 20.6 Å². The van der Waals surface area contributed by atoms with Crippen molar-refractivity contribution in [2.24, 2.45) is 0 Å². The average molecular weight is 434 g/mol. The van der Waals surface area contributed by atoms with Gasteiger partial charge >= 0.3 is 6.09 Å². The monoisotopic (exact) mass is 432 g/mol. The number of nitrogen functional groups attached to an aromatic ring is 1. The van der Waals surface area contributed by atoms with Crippen molar-refractivity contribution >= 4 is 55.9 Å². The molecule has 136 valence electrons. The quantitative estimate of drug-likeness (QED) is 0.494. The fraction of sp³-hybridized carbons (Fsp3) is 0.375. The Hall–Kier alpha value is -1.80. The molecule has 9 heteroatoms. The van der Waals surface area contributed by atoms with Crippen LogP contribution >= 0.6 is 27.5 Å². The Bertz CT molecular complexity index is 811. The summed E-state index contributed by atoms with van der Waals surface area (Å²) in [6.45, 7) is 6.00. The summed E-state index contributed by atoms with van der Waals surface area (Å²) in [4.78, 5) is 15.6. The van der Waals surface area contributed by atoms with E-state index in [4.69, 9.17) is 22.1 Å². The number of amides is 1. The first-order valence-electron chi connectivity index (χ1n) is 7.52. The number of aromatic nitrogens is 1. The van der Waals surface area contributed by atoms with Crippen LogP contribution in [0, 0.1) is 5.82 Å². The van der Waals surface area contributed by atoms with Crippen molar-refractivity contribution in [3.05, 3.63) is 27.6 Å². The highest BCUT2D eigenvalue weighted by atomic mass is 79.9. The van der Waals surface area contributed by atoms with Crippen molar-refractivity contribution in [1.29, 1.82) is 0 Å². The normalized spacial score (nSPS) is 11.4. The Morgan fingerprint density at radius 3 is 2.76 bits per heavy atom. The number of benzene rings is 1. The topological polar surface area (TPSA) is 89.3 Å². The highest BCUT2D eigenvalue weighted by Gasteiger charge is 2.17. The smallest absolute Gasteiger partial charge is 0.407 e. The lowest BCUT2D eigenvalue weighted by Gasteiger charge is -2.20. The van der Waals surface area contributed by atoms with E-state index in [0.717, 1.165) is 0 Å². The zero-order chi connectivity index (χ0) is 18.8. The van der Waals surface area contributed by atoms with Crippen molar-refractivity contribution in [3.8, 4) is 0 Å². The molecule has 0 saturated carbocycles. The first kappa shape index (κ1) is 19.5. The standard InChI is InChI=1S/C16H19BrClFN4O2/c1-16(2,3)25-15(24)22-5-4-21-13-8-6-9(18)11(17)12(19)14(8)23-7-10(13)20/h6-7H,4-5,20H2,1-3H3,(H,21,23)(H,22,24). The molecular formula is C16H19BrClFN4O2. The van der Waals surface area contributed by atoms with Gasteiger partial charge in [0.05, 0.1) is 27.1 Å². The van der Waals surface area contributed by atoms with E-state index in [1.54, 1.807) is 26.8 Å². The number of hydrogen-bond donors (Lipinski definition) is 3. The van der Waals surface area contributed by atoms with Gasteiger partial charge in [0, 0.05) is 18.5 Å². The minimum Gasteiger partial charge on any atom is -0.444 e. The number of nitrogens with two attached hydrogens (primary N) is 1. The van der Waals surface area contributed by atoms with Gasteiger partial charge in [0.2, 0.25) is 0 Å². The maximum Gasteiger partial charge on any atom is 0.407 e. The molecule has 2 rings (SSSR count). The van der Waals surface area contributed by atoms with Crippen LogP contribution in [0.3, 0.4) is 0 Å². The molecule has 0 aliphatic rings. The molecule has 1 heterocycles. The molecular weight excluding hydrogens is 415 g/mol. The summed E-state index contributed by atoms with van der Waals surface area (Å²) in [5.41, 5.74) is 6.37. The molecule has 0 radical (unpaired) electrons. The van der Waals surface area contributed by atoms with Gasteiger partial charge in [-0.25, -0.2) is 9.18 Å². The second kappa shape index (κ2) is 7.61. The lowest BCUT2D eigenvalue weighted by atomic mass is 10.1.